The van der Waals surface area contributed by atoms with E-state index in [-0.39, 0.29) is 5.92 Å². The standard InChI is InChI=1S/C18H18F3N3O4/c1-9-4-2-3-5-12(9)24-17(27)16(26)23(18(24)28)8-13(25)22-11-7-6-10(19)14(20)15(11)21/h6-7,9,12H,2-5,8H2,1H3,(H,22,25)/t9-,12-/m0/s1. The molecule has 0 radical (unpaired) electrons. The summed E-state index contributed by atoms with van der Waals surface area (Å²) in [7, 11) is 0. The van der Waals surface area contributed by atoms with Crippen LogP contribution in [0.25, 0.3) is 0 Å². The molecule has 2 aliphatic rings. The van der Waals surface area contributed by atoms with Gasteiger partial charge < -0.3 is 5.32 Å². The molecule has 0 aromatic heterocycles. The van der Waals surface area contributed by atoms with Crippen LogP contribution in [-0.4, -0.2) is 46.1 Å². The lowest BCUT2D eigenvalue weighted by atomic mass is 9.85. The van der Waals surface area contributed by atoms with Gasteiger partial charge in [0, 0.05) is 6.04 Å². The first-order valence-corrected chi connectivity index (χ1v) is 8.84. The minimum Gasteiger partial charge on any atom is -0.322 e. The van der Waals surface area contributed by atoms with E-state index in [1.165, 1.54) is 0 Å². The van der Waals surface area contributed by atoms with Gasteiger partial charge >= 0.3 is 17.8 Å². The lowest BCUT2D eigenvalue weighted by Gasteiger charge is -2.34. The summed E-state index contributed by atoms with van der Waals surface area (Å²) in [4.78, 5) is 50.5. The summed E-state index contributed by atoms with van der Waals surface area (Å²) in [6.45, 7) is 1.04. The van der Waals surface area contributed by atoms with Crippen LogP contribution in [0.15, 0.2) is 12.1 Å². The van der Waals surface area contributed by atoms with E-state index < -0.39 is 59.5 Å². The smallest absolute Gasteiger partial charge is 0.322 e. The lowest BCUT2D eigenvalue weighted by Crippen LogP contribution is -2.46. The van der Waals surface area contributed by atoms with E-state index >= 15 is 0 Å². The van der Waals surface area contributed by atoms with Crippen molar-refractivity contribution in [2.75, 3.05) is 11.9 Å². The van der Waals surface area contributed by atoms with Crippen molar-refractivity contribution in [2.45, 2.75) is 38.6 Å². The first kappa shape index (κ1) is 19.8. The quantitative estimate of drug-likeness (QED) is 0.480. The van der Waals surface area contributed by atoms with Gasteiger partial charge in [-0.1, -0.05) is 19.8 Å². The summed E-state index contributed by atoms with van der Waals surface area (Å²) in [6.07, 6.45) is 3.17. The molecule has 1 aliphatic heterocycles. The molecule has 1 aromatic carbocycles. The number of carbonyl (C=O) groups excluding carboxylic acids is 4. The van der Waals surface area contributed by atoms with E-state index in [2.05, 4.69) is 0 Å². The number of amides is 5. The van der Waals surface area contributed by atoms with Gasteiger partial charge in [0.05, 0.1) is 5.69 Å². The summed E-state index contributed by atoms with van der Waals surface area (Å²) in [5, 5.41) is 1.97. The van der Waals surface area contributed by atoms with Crippen LogP contribution >= 0.6 is 0 Å². The van der Waals surface area contributed by atoms with E-state index in [1.54, 1.807) is 0 Å². The van der Waals surface area contributed by atoms with Crippen molar-refractivity contribution < 1.29 is 32.3 Å². The number of halogens is 3. The number of benzene rings is 1. The fourth-order valence-corrected chi connectivity index (χ4v) is 3.59. The van der Waals surface area contributed by atoms with Gasteiger partial charge in [-0.2, -0.15) is 0 Å². The highest BCUT2D eigenvalue weighted by molar-refractivity contribution is 6.45. The predicted octanol–water partition coefficient (Wildman–Crippen LogP) is 2.41. The van der Waals surface area contributed by atoms with Gasteiger partial charge in [-0.15, -0.1) is 0 Å². The molecule has 28 heavy (non-hydrogen) atoms. The molecular weight excluding hydrogens is 379 g/mol. The van der Waals surface area contributed by atoms with E-state index in [0.29, 0.717) is 17.4 Å². The maximum absolute atomic E-state index is 13.7. The Balaban J connectivity index is 1.72. The third-order valence-corrected chi connectivity index (χ3v) is 5.09. The highest BCUT2D eigenvalue weighted by Gasteiger charge is 2.49. The van der Waals surface area contributed by atoms with Crippen LogP contribution in [0, 0.1) is 23.4 Å². The normalized spacial score (nSPS) is 22.8. The molecule has 7 nitrogen and oxygen atoms in total. The van der Waals surface area contributed by atoms with Crippen LogP contribution in [0.5, 0.6) is 0 Å². The highest BCUT2D eigenvalue weighted by atomic mass is 19.2. The Morgan fingerprint density at radius 1 is 1.07 bits per heavy atom. The third-order valence-electron chi connectivity index (χ3n) is 5.09. The molecule has 2 atom stereocenters. The van der Waals surface area contributed by atoms with Crippen molar-refractivity contribution >= 4 is 29.4 Å². The molecule has 1 aromatic rings. The minimum atomic E-state index is -1.77. The second-order valence-corrected chi connectivity index (χ2v) is 6.95. The van der Waals surface area contributed by atoms with Crippen molar-refractivity contribution in [1.82, 2.24) is 9.80 Å². The molecular formula is C18H18F3N3O4. The molecule has 5 amide bonds. The lowest BCUT2D eigenvalue weighted by molar-refractivity contribution is -0.145. The summed E-state index contributed by atoms with van der Waals surface area (Å²) in [5.74, 6) is -7.96. The Kier molecular flexibility index (Phi) is 5.39. The van der Waals surface area contributed by atoms with Crippen molar-refractivity contribution in [3.05, 3.63) is 29.6 Å². The third kappa shape index (κ3) is 3.46. The second kappa shape index (κ2) is 7.61. The Morgan fingerprint density at radius 2 is 1.75 bits per heavy atom. The van der Waals surface area contributed by atoms with E-state index in [9.17, 15) is 32.3 Å². The molecule has 1 heterocycles. The van der Waals surface area contributed by atoms with E-state index in [0.717, 1.165) is 30.2 Å². The molecule has 1 aliphatic carbocycles. The maximum Gasteiger partial charge on any atom is 0.334 e. The van der Waals surface area contributed by atoms with Crippen LogP contribution in [0.4, 0.5) is 23.7 Å². The van der Waals surface area contributed by atoms with Gasteiger partial charge in [-0.25, -0.2) is 22.9 Å². The van der Waals surface area contributed by atoms with Crippen LogP contribution < -0.4 is 5.32 Å². The number of rotatable bonds is 4. The molecule has 0 spiro atoms. The topological polar surface area (TPSA) is 86.8 Å². The van der Waals surface area contributed by atoms with Crippen LogP contribution in [0.2, 0.25) is 0 Å². The van der Waals surface area contributed by atoms with Gasteiger partial charge in [-0.3, -0.25) is 19.3 Å². The summed E-state index contributed by atoms with van der Waals surface area (Å²) >= 11 is 0. The first-order chi connectivity index (χ1) is 13.2. The van der Waals surface area contributed by atoms with Crippen molar-refractivity contribution in [3.8, 4) is 0 Å². The zero-order chi connectivity index (χ0) is 20.6. The molecule has 1 saturated heterocycles. The molecule has 3 rings (SSSR count). The summed E-state index contributed by atoms with van der Waals surface area (Å²) < 4.78 is 39.9. The van der Waals surface area contributed by atoms with Gasteiger partial charge in [0.2, 0.25) is 5.91 Å². The second-order valence-electron chi connectivity index (χ2n) is 6.95. The van der Waals surface area contributed by atoms with Gasteiger partial charge in [0.25, 0.3) is 0 Å². The largest absolute Gasteiger partial charge is 0.334 e. The monoisotopic (exact) mass is 397 g/mol. The number of hydrogen-bond donors (Lipinski definition) is 1. The number of urea groups is 1. The van der Waals surface area contributed by atoms with E-state index in [4.69, 9.17) is 0 Å². The number of hydrogen-bond acceptors (Lipinski definition) is 4. The zero-order valence-corrected chi connectivity index (χ0v) is 15.0. The fraction of sp³-hybridized carbons (Fsp3) is 0.444. The Labute approximate surface area is 158 Å². The molecule has 150 valence electrons. The molecule has 0 bridgehead atoms. The van der Waals surface area contributed by atoms with Gasteiger partial charge in [0.1, 0.15) is 6.54 Å². The number of imide groups is 2. The van der Waals surface area contributed by atoms with Crippen LogP contribution in [0.1, 0.15) is 32.6 Å². The molecule has 1 saturated carbocycles. The molecule has 1 N–H and O–H groups in total. The SMILES string of the molecule is C[C@H]1CCCC[C@@H]1N1C(=O)C(=O)N(CC(=O)Nc2ccc(F)c(F)c2F)C1=O. The maximum atomic E-state index is 13.7. The average Bonchev–Trinajstić information content (AvgIpc) is 2.86. The Hall–Kier alpha value is -2.91. The van der Waals surface area contributed by atoms with Crippen molar-refractivity contribution in [1.29, 1.82) is 0 Å². The van der Waals surface area contributed by atoms with Crippen LogP contribution in [-0.2, 0) is 14.4 Å². The summed E-state index contributed by atoms with van der Waals surface area (Å²) in [5.41, 5.74) is -0.646. The number of anilines is 1. The van der Waals surface area contributed by atoms with Gasteiger partial charge in [-0.05, 0) is 30.9 Å². The fourth-order valence-electron chi connectivity index (χ4n) is 3.59. The van der Waals surface area contributed by atoms with Crippen LogP contribution in [0.3, 0.4) is 0 Å². The highest BCUT2D eigenvalue weighted by Crippen LogP contribution is 2.31. The molecule has 0 unspecified atom stereocenters. The van der Waals surface area contributed by atoms with Crippen molar-refractivity contribution in [3.63, 3.8) is 0 Å². The average molecular weight is 397 g/mol. The Bertz CT molecular complexity index is 861. The minimum absolute atomic E-state index is 0.0273. The number of nitrogens with one attached hydrogen (secondary N) is 1. The number of carbonyl (C=O) groups is 4. The van der Waals surface area contributed by atoms with E-state index in [1.807, 2.05) is 12.2 Å². The van der Waals surface area contributed by atoms with Crippen molar-refractivity contribution in [2.24, 2.45) is 5.92 Å². The number of nitrogens with zero attached hydrogens (tertiary/aromatic N) is 2. The molecule has 10 heteroatoms. The first-order valence-electron chi connectivity index (χ1n) is 8.84. The molecule has 2 fully saturated rings. The predicted molar refractivity (Wildman–Crippen MR) is 90.3 cm³/mol. The summed E-state index contributed by atoms with van der Waals surface area (Å²) in [6, 6.07) is 0.0974. The zero-order valence-electron chi connectivity index (χ0n) is 15.0. The Morgan fingerprint density at radius 3 is 2.43 bits per heavy atom. The van der Waals surface area contributed by atoms with Gasteiger partial charge in [0.15, 0.2) is 17.5 Å².